The first-order valence-electron chi connectivity index (χ1n) is 6.42. The minimum absolute atomic E-state index is 0.716. The Bertz CT molecular complexity index is 799. The molecule has 2 aromatic heterocycles. The summed E-state index contributed by atoms with van der Waals surface area (Å²) >= 11 is 5.41. The van der Waals surface area contributed by atoms with E-state index < -0.39 is 0 Å². The SMILES string of the molecule is COc1cccc2c1[nH]c(=S)n2CCc1cnn(C)c1. The average Bonchev–Trinajstić information content (AvgIpc) is 2.99. The van der Waals surface area contributed by atoms with Gasteiger partial charge in [-0.05, 0) is 36.3 Å². The number of ether oxygens (including phenoxy) is 1. The molecule has 0 unspecified atom stereocenters. The molecule has 0 fully saturated rings. The van der Waals surface area contributed by atoms with Crippen molar-refractivity contribution in [1.82, 2.24) is 19.3 Å². The Labute approximate surface area is 121 Å². The lowest BCUT2D eigenvalue weighted by Crippen LogP contribution is -2.00. The number of aryl methyl sites for hydroxylation is 3. The lowest BCUT2D eigenvalue weighted by atomic mass is 10.2. The van der Waals surface area contributed by atoms with E-state index in [2.05, 4.69) is 14.6 Å². The third kappa shape index (κ3) is 2.22. The van der Waals surface area contributed by atoms with E-state index in [1.165, 1.54) is 5.56 Å². The van der Waals surface area contributed by atoms with Gasteiger partial charge in [0.15, 0.2) is 4.77 Å². The van der Waals surface area contributed by atoms with E-state index in [-0.39, 0.29) is 0 Å². The Morgan fingerprint density at radius 3 is 2.95 bits per heavy atom. The van der Waals surface area contributed by atoms with Gasteiger partial charge in [0, 0.05) is 19.8 Å². The minimum atomic E-state index is 0.716. The van der Waals surface area contributed by atoms with Gasteiger partial charge in [-0.2, -0.15) is 5.10 Å². The fourth-order valence-electron chi connectivity index (χ4n) is 2.39. The van der Waals surface area contributed by atoms with Crippen LogP contribution in [0.4, 0.5) is 0 Å². The molecule has 20 heavy (non-hydrogen) atoms. The van der Waals surface area contributed by atoms with Crippen molar-refractivity contribution >= 4 is 23.3 Å². The van der Waals surface area contributed by atoms with Gasteiger partial charge in [-0.1, -0.05) is 6.07 Å². The summed E-state index contributed by atoms with van der Waals surface area (Å²) in [6, 6.07) is 5.96. The third-order valence-corrected chi connectivity index (χ3v) is 3.70. The fourth-order valence-corrected chi connectivity index (χ4v) is 2.68. The number of aromatic nitrogens is 4. The number of nitrogens with zero attached hydrogens (tertiary/aromatic N) is 3. The number of hydrogen-bond donors (Lipinski definition) is 1. The first-order valence-corrected chi connectivity index (χ1v) is 6.83. The Balaban J connectivity index is 1.95. The van der Waals surface area contributed by atoms with Crippen LogP contribution in [0, 0.1) is 4.77 Å². The molecule has 0 aliphatic heterocycles. The van der Waals surface area contributed by atoms with Crippen molar-refractivity contribution in [3.05, 3.63) is 40.9 Å². The third-order valence-electron chi connectivity index (χ3n) is 3.37. The summed E-state index contributed by atoms with van der Waals surface area (Å²) in [5, 5.41) is 4.18. The molecule has 0 atom stereocenters. The van der Waals surface area contributed by atoms with Crippen molar-refractivity contribution < 1.29 is 4.74 Å². The zero-order valence-corrected chi connectivity index (χ0v) is 12.3. The number of imidazole rings is 1. The lowest BCUT2D eigenvalue weighted by molar-refractivity contribution is 0.419. The second kappa shape index (κ2) is 5.13. The van der Waals surface area contributed by atoms with Gasteiger partial charge >= 0.3 is 0 Å². The van der Waals surface area contributed by atoms with Crippen LogP contribution in [0.15, 0.2) is 30.6 Å². The summed E-state index contributed by atoms with van der Waals surface area (Å²) in [5.74, 6) is 0.814. The van der Waals surface area contributed by atoms with Gasteiger partial charge in [0.05, 0.1) is 18.8 Å². The molecule has 3 rings (SSSR count). The molecule has 2 heterocycles. The molecular weight excluding hydrogens is 272 g/mol. The van der Waals surface area contributed by atoms with Crippen LogP contribution in [-0.2, 0) is 20.0 Å². The smallest absolute Gasteiger partial charge is 0.178 e. The van der Waals surface area contributed by atoms with Crippen molar-refractivity contribution in [3.63, 3.8) is 0 Å². The van der Waals surface area contributed by atoms with E-state index in [0.29, 0.717) is 4.77 Å². The Morgan fingerprint density at radius 1 is 1.40 bits per heavy atom. The second-order valence-corrected chi connectivity index (χ2v) is 5.10. The lowest BCUT2D eigenvalue weighted by Gasteiger charge is -2.04. The standard InChI is InChI=1S/C14H16N4OS/c1-17-9-10(8-15-17)6-7-18-11-4-3-5-12(19-2)13(11)16-14(18)20/h3-5,8-9H,6-7H2,1-2H3,(H,16,20). The molecule has 0 radical (unpaired) electrons. The molecule has 3 aromatic rings. The minimum Gasteiger partial charge on any atom is -0.494 e. The average molecular weight is 288 g/mol. The Hall–Kier alpha value is -2.08. The number of nitrogens with one attached hydrogen (secondary N) is 1. The number of hydrogen-bond acceptors (Lipinski definition) is 3. The molecule has 0 amide bonds. The number of benzene rings is 1. The van der Waals surface area contributed by atoms with Crippen LogP contribution in [0.2, 0.25) is 0 Å². The molecule has 1 aromatic carbocycles. The maximum absolute atomic E-state index is 5.41. The maximum atomic E-state index is 5.41. The van der Waals surface area contributed by atoms with E-state index in [9.17, 15) is 0 Å². The van der Waals surface area contributed by atoms with Crippen molar-refractivity contribution in [3.8, 4) is 5.75 Å². The van der Waals surface area contributed by atoms with Gasteiger partial charge in [0.1, 0.15) is 11.3 Å². The fraction of sp³-hybridized carbons (Fsp3) is 0.286. The zero-order valence-electron chi connectivity index (χ0n) is 11.5. The van der Waals surface area contributed by atoms with Crippen LogP contribution >= 0.6 is 12.2 Å². The van der Waals surface area contributed by atoms with Crippen LogP contribution in [0.3, 0.4) is 0 Å². The quantitative estimate of drug-likeness (QED) is 0.751. The van der Waals surface area contributed by atoms with E-state index in [1.807, 2.05) is 42.3 Å². The number of H-pyrrole nitrogens is 1. The predicted molar refractivity (Wildman–Crippen MR) is 80.6 cm³/mol. The largest absolute Gasteiger partial charge is 0.494 e. The number of methoxy groups -OCH3 is 1. The molecule has 5 nitrogen and oxygen atoms in total. The molecule has 104 valence electrons. The summed E-state index contributed by atoms with van der Waals surface area (Å²) < 4.78 is 9.98. The van der Waals surface area contributed by atoms with E-state index in [0.717, 1.165) is 29.7 Å². The maximum Gasteiger partial charge on any atom is 0.178 e. The number of fused-ring (bicyclic) bond motifs is 1. The molecule has 6 heteroatoms. The molecular formula is C14H16N4OS. The van der Waals surface area contributed by atoms with Gasteiger partial charge in [-0.15, -0.1) is 0 Å². The summed E-state index contributed by atoms with van der Waals surface area (Å²) in [6.45, 7) is 0.817. The molecule has 0 spiro atoms. The van der Waals surface area contributed by atoms with E-state index in [4.69, 9.17) is 17.0 Å². The van der Waals surface area contributed by atoms with Crippen LogP contribution in [0.1, 0.15) is 5.56 Å². The van der Waals surface area contributed by atoms with Crippen molar-refractivity contribution in [2.75, 3.05) is 7.11 Å². The van der Waals surface area contributed by atoms with E-state index in [1.54, 1.807) is 7.11 Å². The Morgan fingerprint density at radius 2 is 2.25 bits per heavy atom. The highest BCUT2D eigenvalue weighted by Gasteiger charge is 2.08. The second-order valence-electron chi connectivity index (χ2n) is 4.71. The molecule has 0 aliphatic rings. The van der Waals surface area contributed by atoms with Crippen LogP contribution in [0.5, 0.6) is 5.75 Å². The van der Waals surface area contributed by atoms with Crippen LogP contribution < -0.4 is 4.74 Å². The van der Waals surface area contributed by atoms with Crippen molar-refractivity contribution in [1.29, 1.82) is 0 Å². The van der Waals surface area contributed by atoms with Crippen molar-refractivity contribution in [2.24, 2.45) is 7.05 Å². The first-order chi connectivity index (χ1) is 9.69. The van der Waals surface area contributed by atoms with Gasteiger partial charge in [-0.3, -0.25) is 4.68 Å². The predicted octanol–water partition coefficient (Wildman–Crippen LogP) is 2.68. The zero-order chi connectivity index (χ0) is 14.1. The highest BCUT2D eigenvalue weighted by Crippen LogP contribution is 2.24. The van der Waals surface area contributed by atoms with Crippen molar-refractivity contribution in [2.45, 2.75) is 13.0 Å². The summed E-state index contributed by atoms with van der Waals surface area (Å²) in [7, 11) is 3.59. The van der Waals surface area contributed by atoms with Crippen LogP contribution in [-0.4, -0.2) is 26.4 Å². The number of para-hydroxylation sites is 1. The van der Waals surface area contributed by atoms with Gasteiger partial charge in [-0.25, -0.2) is 0 Å². The molecule has 0 bridgehead atoms. The van der Waals surface area contributed by atoms with Crippen LogP contribution in [0.25, 0.3) is 11.0 Å². The monoisotopic (exact) mass is 288 g/mol. The summed E-state index contributed by atoms with van der Waals surface area (Å²) in [4.78, 5) is 3.22. The molecule has 1 N–H and O–H groups in total. The normalized spacial score (nSPS) is 11.1. The highest BCUT2D eigenvalue weighted by molar-refractivity contribution is 7.71. The summed E-state index contributed by atoms with van der Waals surface area (Å²) in [6.07, 6.45) is 4.81. The summed E-state index contributed by atoms with van der Waals surface area (Å²) in [5.41, 5.74) is 3.22. The van der Waals surface area contributed by atoms with Gasteiger partial charge in [0.2, 0.25) is 0 Å². The first kappa shape index (κ1) is 12.9. The highest BCUT2D eigenvalue weighted by atomic mass is 32.1. The van der Waals surface area contributed by atoms with Gasteiger partial charge in [0.25, 0.3) is 0 Å². The molecule has 0 saturated heterocycles. The van der Waals surface area contributed by atoms with E-state index >= 15 is 0 Å². The molecule has 0 saturated carbocycles. The topological polar surface area (TPSA) is 47.8 Å². The number of rotatable bonds is 4. The molecule has 0 aliphatic carbocycles. The van der Waals surface area contributed by atoms with Gasteiger partial charge < -0.3 is 14.3 Å². The number of aromatic amines is 1. The Kier molecular flexibility index (Phi) is 3.31.